The van der Waals surface area contributed by atoms with Gasteiger partial charge >= 0.3 is 5.69 Å². The van der Waals surface area contributed by atoms with Gasteiger partial charge in [-0.1, -0.05) is 18.9 Å². The molecule has 1 aromatic carbocycles. The molecular weight excluding hydrogens is 238 g/mol. The first-order valence-electron chi connectivity index (χ1n) is 7.05. The van der Waals surface area contributed by atoms with Crippen molar-refractivity contribution in [2.75, 3.05) is 0 Å². The minimum absolute atomic E-state index is 0.0420. The van der Waals surface area contributed by atoms with Gasteiger partial charge in [0.05, 0.1) is 11.0 Å². The molecule has 0 radical (unpaired) electrons. The van der Waals surface area contributed by atoms with Gasteiger partial charge in [-0.3, -0.25) is 4.57 Å². The van der Waals surface area contributed by atoms with Crippen LogP contribution in [0.1, 0.15) is 51.1 Å². The quantitative estimate of drug-likeness (QED) is 0.870. The van der Waals surface area contributed by atoms with Crippen molar-refractivity contribution < 1.29 is 0 Å². The molecule has 0 amide bonds. The second-order valence-corrected chi connectivity index (χ2v) is 5.99. The lowest BCUT2D eigenvalue weighted by Gasteiger charge is -2.24. The van der Waals surface area contributed by atoms with E-state index in [9.17, 15) is 4.79 Å². The zero-order valence-corrected chi connectivity index (χ0v) is 11.6. The van der Waals surface area contributed by atoms with E-state index in [4.69, 9.17) is 5.73 Å². The number of fused-ring (bicyclic) bond motifs is 1. The number of imidazole rings is 1. The van der Waals surface area contributed by atoms with E-state index in [0.29, 0.717) is 0 Å². The standard InChI is InChI=1S/C15H21N3O/c1-10(2)18-13-6-5-11(9-12(13)17-14(18)19)15(16)7-3-4-8-15/h5-6,9-10H,3-4,7-8,16H2,1-2H3,(H,17,19). The number of nitrogens with one attached hydrogen (secondary N) is 1. The largest absolute Gasteiger partial charge is 0.326 e. The van der Waals surface area contributed by atoms with Crippen LogP contribution in [0.25, 0.3) is 11.0 Å². The molecule has 1 aliphatic carbocycles. The number of H-pyrrole nitrogens is 1. The average Bonchev–Trinajstić information content (AvgIpc) is 2.91. The minimum atomic E-state index is -0.203. The average molecular weight is 259 g/mol. The number of hydrogen-bond acceptors (Lipinski definition) is 2. The fourth-order valence-electron chi connectivity index (χ4n) is 3.25. The summed E-state index contributed by atoms with van der Waals surface area (Å²) in [6.07, 6.45) is 4.46. The molecule has 0 saturated heterocycles. The van der Waals surface area contributed by atoms with Crippen molar-refractivity contribution in [3.8, 4) is 0 Å². The molecule has 3 rings (SSSR count). The van der Waals surface area contributed by atoms with Crippen LogP contribution in [0.15, 0.2) is 23.0 Å². The fraction of sp³-hybridized carbons (Fsp3) is 0.533. The number of benzene rings is 1. The number of rotatable bonds is 2. The maximum Gasteiger partial charge on any atom is 0.326 e. The van der Waals surface area contributed by atoms with Crippen LogP contribution < -0.4 is 11.4 Å². The normalized spacial score (nSPS) is 18.5. The van der Waals surface area contributed by atoms with Crippen molar-refractivity contribution in [3.63, 3.8) is 0 Å². The second-order valence-electron chi connectivity index (χ2n) is 5.99. The summed E-state index contributed by atoms with van der Waals surface area (Å²) < 4.78 is 1.79. The van der Waals surface area contributed by atoms with Crippen molar-refractivity contribution in [2.45, 2.75) is 51.1 Å². The van der Waals surface area contributed by atoms with Gasteiger partial charge < -0.3 is 10.7 Å². The van der Waals surface area contributed by atoms with Crippen LogP contribution in [0.5, 0.6) is 0 Å². The lowest BCUT2D eigenvalue weighted by Crippen LogP contribution is -2.32. The van der Waals surface area contributed by atoms with Crippen LogP contribution in [0.2, 0.25) is 0 Å². The SMILES string of the molecule is CC(C)n1c(=O)[nH]c2cc(C3(N)CCCC3)ccc21. The Labute approximate surface area is 112 Å². The molecule has 0 aliphatic heterocycles. The van der Waals surface area contributed by atoms with Gasteiger partial charge in [-0.05, 0) is 44.4 Å². The summed E-state index contributed by atoms with van der Waals surface area (Å²) in [5, 5.41) is 0. The number of hydrogen-bond donors (Lipinski definition) is 2. The van der Waals surface area contributed by atoms with Crippen molar-refractivity contribution in [1.82, 2.24) is 9.55 Å². The van der Waals surface area contributed by atoms with Crippen molar-refractivity contribution in [2.24, 2.45) is 5.73 Å². The Hall–Kier alpha value is -1.55. The fourth-order valence-corrected chi connectivity index (χ4v) is 3.25. The molecular formula is C15H21N3O. The van der Waals surface area contributed by atoms with Gasteiger partial charge in [0.25, 0.3) is 0 Å². The molecule has 0 spiro atoms. The Bertz CT molecular complexity index is 660. The lowest BCUT2D eigenvalue weighted by atomic mass is 9.89. The third kappa shape index (κ3) is 1.91. The van der Waals surface area contributed by atoms with E-state index in [1.165, 1.54) is 12.8 Å². The molecule has 0 unspecified atom stereocenters. The summed E-state index contributed by atoms with van der Waals surface area (Å²) in [4.78, 5) is 14.9. The molecule has 1 aromatic heterocycles. The molecule has 102 valence electrons. The van der Waals surface area contributed by atoms with E-state index in [1.54, 1.807) is 4.57 Å². The predicted molar refractivity (Wildman–Crippen MR) is 77.3 cm³/mol. The van der Waals surface area contributed by atoms with Crippen LogP contribution in [0.3, 0.4) is 0 Å². The first-order chi connectivity index (χ1) is 9.01. The molecule has 2 aromatic rings. The van der Waals surface area contributed by atoms with Gasteiger partial charge in [-0.2, -0.15) is 0 Å². The van der Waals surface area contributed by atoms with Crippen LogP contribution in [-0.2, 0) is 5.54 Å². The molecule has 19 heavy (non-hydrogen) atoms. The summed E-state index contributed by atoms with van der Waals surface area (Å²) >= 11 is 0. The minimum Gasteiger partial charge on any atom is -0.321 e. The van der Waals surface area contributed by atoms with E-state index in [2.05, 4.69) is 17.1 Å². The number of nitrogens with two attached hydrogens (primary N) is 1. The van der Waals surface area contributed by atoms with Crippen molar-refractivity contribution in [3.05, 3.63) is 34.2 Å². The van der Waals surface area contributed by atoms with E-state index < -0.39 is 0 Å². The van der Waals surface area contributed by atoms with Gasteiger partial charge in [-0.25, -0.2) is 4.79 Å². The molecule has 1 fully saturated rings. The molecule has 1 aliphatic rings. The zero-order chi connectivity index (χ0) is 13.6. The van der Waals surface area contributed by atoms with E-state index in [0.717, 1.165) is 29.4 Å². The van der Waals surface area contributed by atoms with Gasteiger partial charge in [0, 0.05) is 11.6 Å². The Morgan fingerprint density at radius 3 is 2.63 bits per heavy atom. The van der Waals surface area contributed by atoms with Gasteiger partial charge in [0.1, 0.15) is 0 Å². The lowest BCUT2D eigenvalue weighted by molar-refractivity contribution is 0.462. The van der Waals surface area contributed by atoms with Crippen LogP contribution >= 0.6 is 0 Å². The van der Waals surface area contributed by atoms with Crippen LogP contribution in [0.4, 0.5) is 0 Å². The summed E-state index contributed by atoms with van der Waals surface area (Å²) in [5.41, 5.74) is 9.24. The van der Waals surface area contributed by atoms with E-state index in [1.807, 2.05) is 19.9 Å². The van der Waals surface area contributed by atoms with E-state index >= 15 is 0 Å². The molecule has 1 saturated carbocycles. The smallest absolute Gasteiger partial charge is 0.321 e. The highest BCUT2D eigenvalue weighted by Crippen LogP contribution is 2.37. The Morgan fingerprint density at radius 1 is 1.32 bits per heavy atom. The second kappa shape index (κ2) is 4.23. The molecule has 0 atom stereocenters. The summed E-state index contributed by atoms with van der Waals surface area (Å²) in [7, 11) is 0. The first kappa shape index (κ1) is 12.5. The summed E-state index contributed by atoms with van der Waals surface area (Å²) in [6, 6.07) is 6.32. The van der Waals surface area contributed by atoms with Gasteiger partial charge in [0.2, 0.25) is 0 Å². The first-order valence-corrected chi connectivity index (χ1v) is 7.05. The zero-order valence-electron chi connectivity index (χ0n) is 11.6. The Kier molecular flexibility index (Phi) is 2.78. The predicted octanol–water partition coefficient (Wildman–Crippen LogP) is 2.64. The molecule has 4 nitrogen and oxygen atoms in total. The molecule has 0 bridgehead atoms. The third-order valence-corrected chi connectivity index (χ3v) is 4.30. The molecule has 1 heterocycles. The monoisotopic (exact) mass is 259 g/mol. The van der Waals surface area contributed by atoms with Crippen molar-refractivity contribution in [1.29, 1.82) is 0 Å². The highest BCUT2D eigenvalue weighted by molar-refractivity contribution is 5.76. The summed E-state index contributed by atoms with van der Waals surface area (Å²) in [6.45, 7) is 4.04. The number of aromatic amines is 1. The maximum atomic E-state index is 12.0. The van der Waals surface area contributed by atoms with Crippen LogP contribution in [-0.4, -0.2) is 9.55 Å². The number of aromatic nitrogens is 2. The highest BCUT2D eigenvalue weighted by atomic mass is 16.1. The van der Waals surface area contributed by atoms with Crippen LogP contribution in [0, 0.1) is 0 Å². The highest BCUT2D eigenvalue weighted by Gasteiger charge is 2.31. The molecule has 3 N–H and O–H groups in total. The maximum absolute atomic E-state index is 12.0. The number of nitrogens with zero attached hydrogens (tertiary/aromatic N) is 1. The van der Waals surface area contributed by atoms with E-state index in [-0.39, 0.29) is 17.3 Å². The molecule has 4 heteroatoms. The van der Waals surface area contributed by atoms with Gasteiger partial charge in [0.15, 0.2) is 0 Å². The van der Waals surface area contributed by atoms with Crippen molar-refractivity contribution >= 4 is 11.0 Å². The topological polar surface area (TPSA) is 63.8 Å². The Morgan fingerprint density at radius 2 is 2.00 bits per heavy atom. The Balaban J connectivity index is 2.15. The van der Waals surface area contributed by atoms with Gasteiger partial charge in [-0.15, -0.1) is 0 Å². The summed E-state index contributed by atoms with van der Waals surface area (Å²) in [5.74, 6) is 0. The third-order valence-electron chi connectivity index (χ3n) is 4.30.